The van der Waals surface area contributed by atoms with Crippen molar-refractivity contribution in [2.24, 2.45) is 5.92 Å². The molecule has 1 heterocycles. The van der Waals surface area contributed by atoms with Crippen LogP contribution in [-0.4, -0.2) is 0 Å². The lowest BCUT2D eigenvalue weighted by atomic mass is 9.74. The van der Waals surface area contributed by atoms with Crippen molar-refractivity contribution >= 4 is 50.5 Å². The van der Waals surface area contributed by atoms with Crippen molar-refractivity contribution in [1.82, 2.24) is 0 Å². The summed E-state index contributed by atoms with van der Waals surface area (Å²) >= 11 is 0. The van der Waals surface area contributed by atoms with Gasteiger partial charge in [-0.25, -0.2) is 0 Å². The van der Waals surface area contributed by atoms with Gasteiger partial charge in [0, 0.05) is 39.4 Å². The second-order valence-electron chi connectivity index (χ2n) is 13.6. The Morgan fingerprint density at radius 1 is 0.462 bits per heavy atom. The molecule has 0 saturated heterocycles. The highest BCUT2D eigenvalue weighted by molar-refractivity contribution is 6.01. The van der Waals surface area contributed by atoms with Crippen LogP contribution in [0.15, 0.2) is 199 Å². The van der Waals surface area contributed by atoms with Crippen LogP contribution in [0.1, 0.15) is 22.8 Å². The molecule has 8 aromatic rings. The quantitative estimate of drug-likeness (QED) is 0.176. The molecule has 2 aliphatic rings. The maximum Gasteiger partial charge on any atom is 0.134 e. The van der Waals surface area contributed by atoms with E-state index < -0.39 is 0 Å². The molecule has 52 heavy (non-hydrogen) atoms. The van der Waals surface area contributed by atoms with Gasteiger partial charge in [-0.2, -0.15) is 0 Å². The van der Waals surface area contributed by atoms with Crippen LogP contribution < -0.4 is 4.90 Å². The first-order valence-corrected chi connectivity index (χ1v) is 18.0. The van der Waals surface area contributed by atoms with E-state index in [1.54, 1.807) is 0 Å². The SMILES string of the molecule is C1=CC2c3oc4ccccc4c3C=CC2C(c2ccccc2N(c2ccc(-c3ccc(-c4ccccc4)cc3)cc2)c2cccc3ccccc23)=C1. The molecule has 2 aliphatic carbocycles. The third-order valence-electron chi connectivity index (χ3n) is 10.7. The van der Waals surface area contributed by atoms with Crippen molar-refractivity contribution in [1.29, 1.82) is 0 Å². The molecule has 0 fully saturated rings. The van der Waals surface area contributed by atoms with E-state index in [4.69, 9.17) is 4.42 Å². The molecule has 2 nitrogen and oxygen atoms in total. The van der Waals surface area contributed by atoms with E-state index in [0.29, 0.717) is 0 Å². The number of allylic oxidation sites excluding steroid dienone is 5. The second kappa shape index (κ2) is 12.6. The van der Waals surface area contributed by atoms with Gasteiger partial charge in [-0.05, 0) is 63.5 Å². The minimum absolute atomic E-state index is 0.124. The summed E-state index contributed by atoms with van der Waals surface area (Å²) in [6.45, 7) is 0. The van der Waals surface area contributed by atoms with E-state index in [9.17, 15) is 0 Å². The van der Waals surface area contributed by atoms with Gasteiger partial charge in [-0.3, -0.25) is 0 Å². The molecule has 2 atom stereocenters. The van der Waals surface area contributed by atoms with E-state index in [0.717, 1.165) is 28.4 Å². The fraction of sp³-hybridized carbons (Fsp3) is 0.0400. The summed E-state index contributed by atoms with van der Waals surface area (Å²) in [6, 6.07) is 61.0. The zero-order valence-electron chi connectivity index (χ0n) is 28.6. The van der Waals surface area contributed by atoms with E-state index in [1.807, 2.05) is 6.07 Å². The Kier molecular flexibility index (Phi) is 7.32. The van der Waals surface area contributed by atoms with Crippen molar-refractivity contribution in [3.8, 4) is 22.3 Å². The monoisotopic (exact) mass is 665 g/mol. The van der Waals surface area contributed by atoms with Crippen LogP contribution in [0.4, 0.5) is 17.1 Å². The average molecular weight is 666 g/mol. The Morgan fingerprint density at radius 2 is 1.08 bits per heavy atom. The number of benzene rings is 7. The van der Waals surface area contributed by atoms with E-state index in [2.05, 4.69) is 199 Å². The van der Waals surface area contributed by atoms with E-state index >= 15 is 0 Å². The molecule has 0 aliphatic heterocycles. The summed E-state index contributed by atoms with van der Waals surface area (Å²) < 4.78 is 6.55. The van der Waals surface area contributed by atoms with Crippen molar-refractivity contribution < 1.29 is 4.42 Å². The molecule has 246 valence electrons. The van der Waals surface area contributed by atoms with Gasteiger partial charge in [0.15, 0.2) is 0 Å². The first-order chi connectivity index (χ1) is 25.8. The number of rotatable bonds is 6. The predicted molar refractivity (Wildman–Crippen MR) is 218 cm³/mol. The maximum atomic E-state index is 6.55. The highest BCUT2D eigenvalue weighted by Gasteiger charge is 2.34. The summed E-state index contributed by atoms with van der Waals surface area (Å²) in [6.07, 6.45) is 11.5. The smallest absolute Gasteiger partial charge is 0.134 e. The lowest BCUT2D eigenvalue weighted by molar-refractivity contribution is 0.496. The van der Waals surface area contributed by atoms with Crippen LogP contribution in [0.5, 0.6) is 0 Å². The molecular weight excluding hydrogens is 631 g/mol. The fourth-order valence-electron chi connectivity index (χ4n) is 8.16. The highest BCUT2D eigenvalue weighted by atomic mass is 16.3. The van der Waals surface area contributed by atoms with Gasteiger partial charge in [0.2, 0.25) is 0 Å². The standard InChI is InChI=1S/C50H35NO/c1-2-12-34(13-3-1)35-24-26-36(27-25-35)37-28-30-39(31-29-37)51(47-22-10-15-38-14-4-5-16-40(38)47)48-21-8-6-17-43(48)41-19-11-20-45-42(41)32-33-46-44-18-7-9-23-49(44)52-50(45)46/h1-33,42,45H. The molecule has 0 amide bonds. The minimum atomic E-state index is 0.124. The molecule has 2 heteroatoms. The predicted octanol–water partition coefficient (Wildman–Crippen LogP) is 13.8. The Labute approximate surface area is 303 Å². The molecule has 0 bridgehead atoms. The Balaban J connectivity index is 1.07. The number of anilines is 3. The van der Waals surface area contributed by atoms with Gasteiger partial charge >= 0.3 is 0 Å². The lowest BCUT2D eigenvalue weighted by Gasteiger charge is -2.33. The molecule has 10 rings (SSSR count). The van der Waals surface area contributed by atoms with Crippen LogP contribution in [0.3, 0.4) is 0 Å². The highest BCUT2D eigenvalue weighted by Crippen LogP contribution is 2.50. The fourth-order valence-corrected chi connectivity index (χ4v) is 8.16. The molecule has 0 spiro atoms. The topological polar surface area (TPSA) is 16.4 Å². The first kappa shape index (κ1) is 30.2. The molecule has 1 aromatic heterocycles. The molecule has 7 aromatic carbocycles. The van der Waals surface area contributed by atoms with Crippen LogP contribution >= 0.6 is 0 Å². The normalized spacial score (nSPS) is 16.0. The molecule has 0 N–H and O–H groups in total. The Morgan fingerprint density at radius 3 is 1.88 bits per heavy atom. The molecule has 0 radical (unpaired) electrons. The summed E-state index contributed by atoms with van der Waals surface area (Å²) in [4.78, 5) is 2.44. The van der Waals surface area contributed by atoms with Gasteiger partial charge in [0.05, 0.1) is 11.4 Å². The van der Waals surface area contributed by atoms with Crippen LogP contribution in [-0.2, 0) is 0 Å². The molecule has 0 saturated carbocycles. The van der Waals surface area contributed by atoms with Gasteiger partial charge in [0.1, 0.15) is 11.3 Å². The number of para-hydroxylation sites is 2. The number of hydrogen-bond acceptors (Lipinski definition) is 2. The van der Waals surface area contributed by atoms with Crippen LogP contribution in [0.2, 0.25) is 0 Å². The largest absolute Gasteiger partial charge is 0.460 e. The summed E-state index contributed by atoms with van der Waals surface area (Å²) in [5.74, 6) is 1.32. The van der Waals surface area contributed by atoms with Crippen molar-refractivity contribution in [2.75, 3.05) is 4.90 Å². The van der Waals surface area contributed by atoms with Gasteiger partial charge in [-0.15, -0.1) is 0 Å². The van der Waals surface area contributed by atoms with Crippen molar-refractivity contribution in [3.63, 3.8) is 0 Å². The van der Waals surface area contributed by atoms with Crippen molar-refractivity contribution in [3.05, 3.63) is 211 Å². The second-order valence-corrected chi connectivity index (χ2v) is 13.6. The minimum Gasteiger partial charge on any atom is -0.460 e. The lowest BCUT2D eigenvalue weighted by Crippen LogP contribution is -2.19. The summed E-state index contributed by atoms with van der Waals surface area (Å²) in [5.41, 5.74) is 12.9. The van der Waals surface area contributed by atoms with Crippen LogP contribution in [0, 0.1) is 5.92 Å². The van der Waals surface area contributed by atoms with Crippen LogP contribution in [0.25, 0.3) is 55.6 Å². The summed E-state index contributed by atoms with van der Waals surface area (Å²) in [5, 5.41) is 3.60. The first-order valence-electron chi connectivity index (χ1n) is 18.0. The average Bonchev–Trinajstić information content (AvgIpc) is 3.61. The van der Waals surface area contributed by atoms with Gasteiger partial charge in [-0.1, -0.05) is 170 Å². The van der Waals surface area contributed by atoms with E-state index in [1.165, 1.54) is 55.1 Å². The van der Waals surface area contributed by atoms with Gasteiger partial charge in [0.25, 0.3) is 0 Å². The van der Waals surface area contributed by atoms with E-state index in [-0.39, 0.29) is 11.8 Å². The number of nitrogens with zero attached hydrogens (tertiary/aromatic N) is 1. The number of furan rings is 1. The zero-order chi connectivity index (χ0) is 34.4. The van der Waals surface area contributed by atoms with Crippen molar-refractivity contribution in [2.45, 2.75) is 5.92 Å². The Bertz CT molecular complexity index is 2670. The third-order valence-corrected chi connectivity index (χ3v) is 10.7. The maximum absolute atomic E-state index is 6.55. The Hall–Kier alpha value is -6.64. The molecular formula is C50H35NO. The third kappa shape index (κ3) is 5.11. The van der Waals surface area contributed by atoms with Gasteiger partial charge < -0.3 is 9.32 Å². The zero-order valence-corrected chi connectivity index (χ0v) is 28.6. The number of hydrogen-bond donors (Lipinski definition) is 0. The molecule has 2 unspecified atom stereocenters. The summed E-state index contributed by atoms with van der Waals surface area (Å²) in [7, 11) is 0. The number of fused-ring (bicyclic) bond motifs is 6.